The van der Waals surface area contributed by atoms with Crippen LogP contribution in [0.3, 0.4) is 0 Å². The summed E-state index contributed by atoms with van der Waals surface area (Å²) in [5, 5.41) is 0. The van der Waals surface area contributed by atoms with Crippen LogP contribution in [0.2, 0.25) is 0 Å². The number of anilines is 2. The molecule has 1 aliphatic rings. The Bertz CT molecular complexity index is 439. The lowest BCUT2D eigenvalue weighted by Gasteiger charge is -2.32. The first-order valence-electron chi connectivity index (χ1n) is 5.40. The van der Waals surface area contributed by atoms with Gasteiger partial charge >= 0.3 is 0 Å². The van der Waals surface area contributed by atoms with Gasteiger partial charge in [0.25, 0.3) is 0 Å². The van der Waals surface area contributed by atoms with Crippen LogP contribution in [0.4, 0.5) is 16.2 Å². The molecule has 6 nitrogen and oxygen atoms in total. The smallest absolute Gasteiger partial charge is 0.222 e. The highest BCUT2D eigenvalue weighted by Crippen LogP contribution is 2.23. The van der Waals surface area contributed by atoms with Gasteiger partial charge in [-0.3, -0.25) is 4.79 Å². The topological polar surface area (TPSA) is 98.1 Å². The minimum absolute atomic E-state index is 0.0163. The lowest BCUT2D eigenvalue weighted by atomic mass is 9.97. The fourth-order valence-electron chi connectivity index (χ4n) is 1.99. The van der Waals surface area contributed by atoms with Gasteiger partial charge in [-0.15, -0.1) is 0 Å². The molecule has 17 heavy (non-hydrogen) atoms. The lowest BCUT2D eigenvalue weighted by Crippen LogP contribution is -2.42. The van der Waals surface area contributed by atoms with E-state index in [1.165, 1.54) is 0 Å². The zero-order chi connectivity index (χ0) is 12.4. The van der Waals surface area contributed by atoms with Gasteiger partial charge in [-0.1, -0.05) is 0 Å². The van der Waals surface area contributed by atoms with E-state index in [-0.39, 0.29) is 23.6 Å². The van der Waals surface area contributed by atoms with Crippen LogP contribution in [0, 0.1) is 11.7 Å². The SMILES string of the molecule is NC(=O)C1CCCN(c2nc(N)ncc2F)C1. The van der Waals surface area contributed by atoms with Crippen LogP contribution in [0.25, 0.3) is 0 Å². The molecule has 0 aliphatic carbocycles. The minimum Gasteiger partial charge on any atom is -0.369 e. The Kier molecular flexibility index (Phi) is 3.08. The van der Waals surface area contributed by atoms with Crippen molar-refractivity contribution in [3.63, 3.8) is 0 Å². The van der Waals surface area contributed by atoms with Crippen molar-refractivity contribution in [1.82, 2.24) is 9.97 Å². The number of piperidine rings is 1. The van der Waals surface area contributed by atoms with E-state index >= 15 is 0 Å². The van der Waals surface area contributed by atoms with Crippen molar-refractivity contribution in [2.75, 3.05) is 23.7 Å². The van der Waals surface area contributed by atoms with Crippen molar-refractivity contribution in [2.24, 2.45) is 11.7 Å². The lowest BCUT2D eigenvalue weighted by molar-refractivity contribution is -0.122. The van der Waals surface area contributed by atoms with Crippen molar-refractivity contribution in [1.29, 1.82) is 0 Å². The van der Waals surface area contributed by atoms with Crippen LogP contribution in [0.5, 0.6) is 0 Å². The summed E-state index contributed by atoms with van der Waals surface area (Å²) in [6.45, 7) is 1.01. The second kappa shape index (κ2) is 4.52. The Morgan fingerprint density at radius 1 is 1.59 bits per heavy atom. The Hall–Kier alpha value is -1.92. The van der Waals surface area contributed by atoms with Crippen LogP contribution in [-0.2, 0) is 4.79 Å². The van der Waals surface area contributed by atoms with Gasteiger partial charge in [-0.05, 0) is 12.8 Å². The molecule has 0 spiro atoms. The van der Waals surface area contributed by atoms with Crippen LogP contribution in [0.1, 0.15) is 12.8 Å². The Labute approximate surface area is 97.8 Å². The van der Waals surface area contributed by atoms with E-state index in [1.807, 2.05) is 0 Å². The summed E-state index contributed by atoms with van der Waals surface area (Å²) in [6.07, 6.45) is 2.54. The Morgan fingerprint density at radius 3 is 3.06 bits per heavy atom. The van der Waals surface area contributed by atoms with Gasteiger partial charge < -0.3 is 16.4 Å². The molecular weight excluding hydrogens is 225 g/mol. The molecule has 92 valence electrons. The van der Waals surface area contributed by atoms with Crippen molar-refractivity contribution in [3.05, 3.63) is 12.0 Å². The molecule has 7 heteroatoms. The number of hydrogen-bond donors (Lipinski definition) is 2. The highest BCUT2D eigenvalue weighted by molar-refractivity contribution is 5.77. The van der Waals surface area contributed by atoms with E-state index in [1.54, 1.807) is 4.90 Å². The first-order valence-corrected chi connectivity index (χ1v) is 5.40. The largest absolute Gasteiger partial charge is 0.369 e. The number of nitrogen functional groups attached to an aromatic ring is 1. The molecule has 1 aromatic heterocycles. The molecule has 1 aliphatic heterocycles. The zero-order valence-corrected chi connectivity index (χ0v) is 9.27. The predicted molar refractivity (Wildman–Crippen MR) is 60.5 cm³/mol. The molecule has 2 heterocycles. The number of halogens is 1. The molecule has 1 fully saturated rings. The normalized spacial score (nSPS) is 20.3. The molecule has 1 aromatic rings. The fourth-order valence-corrected chi connectivity index (χ4v) is 1.99. The van der Waals surface area contributed by atoms with Crippen LogP contribution >= 0.6 is 0 Å². The summed E-state index contributed by atoms with van der Waals surface area (Å²) >= 11 is 0. The average Bonchev–Trinajstić information content (AvgIpc) is 2.32. The van der Waals surface area contributed by atoms with Gasteiger partial charge in [0.1, 0.15) is 0 Å². The number of nitrogens with two attached hydrogens (primary N) is 2. The monoisotopic (exact) mass is 239 g/mol. The second-order valence-corrected chi connectivity index (χ2v) is 4.09. The van der Waals surface area contributed by atoms with Crippen molar-refractivity contribution < 1.29 is 9.18 Å². The predicted octanol–water partition coefficient (Wildman–Crippen LogP) is -0.100. The van der Waals surface area contributed by atoms with E-state index in [0.717, 1.165) is 19.0 Å². The molecule has 1 saturated heterocycles. The molecule has 0 aromatic carbocycles. The maximum absolute atomic E-state index is 13.5. The minimum atomic E-state index is -0.538. The highest BCUT2D eigenvalue weighted by Gasteiger charge is 2.26. The molecule has 0 bridgehead atoms. The van der Waals surface area contributed by atoms with Crippen LogP contribution < -0.4 is 16.4 Å². The molecule has 2 rings (SSSR count). The van der Waals surface area contributed by atoms with Gasteiger partial charge in [0.05, 0.1) is 12.1 Å². The Balaban J connectivity index is 2.21. The summed E-state index contributed by atoms with van der Waals surface area (Å²) in [4.78, 5) is 20.2. The summed E-state index contributed by atoms with van der Waals surface area (Å²) in [6, 6.07) is 0. The first kappa shape index (κ1) is 11.6. The number of hydrogen-bond acceptors (Lipinski definition) is 5. The standard InChI is InChI=1S/C10H14FN5O/c11-7-4-14-10(13)15-9(7)16-3-1-2-6(5-16)8(12)17/h4,6H,1-3,5H2,(H2,12,17)(H2,13,14,15). The van der Waals surface area contributed by atoms with Gasteiger partial charge in [0, 0.05) is 13.1 Å². The second-order valence-electron chi connectivity index (χ2n) is 4.09. The number of primary amides is 1. The number of rotatable bonds is 2. The van der Waals surface area contributed by atoms with Crippen LogP contribution in [0.15, 0.2) is 6.20 Å². The number of carbonyl (C=O) groups excluding carboxylic acids is 1. The maximum atomic E-state index is 13.5. The third-order valence-electron chi connectivity index (χ3n) is 2.87. The fraction of sp³-hybridized carbons (Fsp3) is 0.500. The van der Waals surface area contributed by atoms with Crippen LogP contribution in [-0.4, -0.2) is 29.0 Å². The zero-order valence-electron chi connectivity index (χ0n) is 9.27. The van der Waals surface area contributed by atoms with Crippen molar-refractivity contribution >= 4 is 17.7 Å². The average molecular weight is 239 g/mol. The molecule has 0 saturated carbocycles. The maximum Gasteiger partial charge on any atom is 0.222 e. The summed E-state index contributed by atoms with van der Waals surface area (Å²) in [5.41, 5.74) is 10.7. The quantitative estimate of drug-likeness (QED) is 0.751. The number of amides is 1. The molecule has 1 amide bonds. The first-order chi connectivity index (χ1) is 8.08. The van der Waals surface area contributed by atoms with Gasteiger partial charge in [-0.25, -0.2) is 9.37 Å². The van der Waals surface area contributed by atoms with Gasteiger partial charge in [-0.2, -0.15) is 4.98 Å². The third kappa shape index (κ3) is 2.43. The van der Waals surface area contributed by atoms with E-state index in [0.29, 0.717) is 13.1 Å². The van der Waals surface area contributed by atoms with Gasteiger partial charge in [0.2, 0.25) is 11.9 Å². The van der Waals surface area contributed by atoms with Crippen molar-refractivity contribution in [2.45, 2.75) is 12.8 Å². The van der Waals surface area contributed by atoms with E-state index in [2.05, 4.69) is 9.97 Å². The molecule has 4 N–H and O–H groups in total. The molecule has 1 atom stereocenters. The van der Waals surface area contributed by atoms with E-state index in [9.17, 15) is 9.18 Å². The van der Waals surface area contributed by atoms with E-state index < -0.39 is 5.82 Å². The highest BCUT2D eigenvalue weighted by atomic mass is 19.1. The summed E-state index contributed by atoms with van der Waals surface area (Å²) in [5.74, 6) is -1.01. The Morgan fingerprint density at radius 2 is 2.35 bits per heavy atom. The van der Waals surface area contributed by atoms with Gasteiger partial charge in [0.15, 0.2) is 11.6 Å². The van der Waals surface area contributed by atoms with Crippen molar-refractivity contribution in [3.8, 4) is 0 Å². The number of carbonyl (C=O) groups is 1. The summed E-state index contributed by atoms with van der Waals surface area (Å²) < 4.78 is 13.5. The molecule has 1 unspecified atom stereocenters. The number of nitrogens with zero attached hydrogens (tertiary/aromatic N) is 3. The summed E-state index contributed by atoms with van der Waals surface area (Å²) in [7, 11) is 0. The molecular formula is C10H14FN5O. The third-order valence-corrected chi connectivity index (χ3v) is 2.87. The van der Waals surface area contributed by atoms with E-state index in [4.69, 9.17) is 11.5 Å². The number of aromatic nitrogens is 2. The molecule has 0 radical (unpaired) electrons.